The summed E-state index contributed by atoms with van der Waals surface area (Å²) in [6, 6.07) is 1.73. The summed E-state index contributed by atoms with van der Waals surface area (Å²) in [5, 5.41) is 17.8. The number of hydrogen-bond donors (Lipinski definition) is 1. The molecule has 0 unspecified atom stereocenters. The monoisotopic (exact) mass is 450 g/mol. The third-order valence-electron chi connectivity index (χ3n) is 3.00. The van der Waals surface area contributed by atoms with Gasteiger partial charge in [0.05, 0.1) is 20.1 Å². The molecule has 22 heavy (non-hydrogen) atoms. The molecule has 7 nitrogen and oxygen atoms in total. The van der Waals surface area contributed by atoms with E-state index in [1.807, 2.05) is 0 Å². The second-order valence-corrected chi connectivity index (χ2v) is 7.71. The number of nitrogens with zero attached hydrogens (tertiary/aromatic N) is 3. The first-order valence-electron chi connectivity index (χ1n) is 6.22. The highest BCUT2D eigenvalue weighted by Crippen LogP contribution is 2.32. The van der Waals surface area contributed by atoms with E-state index in [0.717, 1.165) is 8.26 Å². The molecule has 1 amide bonds. The first-order chi connectivity index (χ1) is 10.3. The van der Waals surface area contributed by atoms with E-state index in [9.17, 15) is 14.9 Å². The normalized spacial score (nSPS) is 10.7. The Morgan fingerprint density at radius 1 is 1.50 bits per heavy atom. The van der Waals surface area contributed by atoms with E-state index in [1.54, 1.807) is 19.9 Å². The number of amides is 1. The summed E-state index contributed by atoms with van der Waals surface area (Å²) < 4.78 is 3.22. The molecule has 0 bridgehead atoms. The van der Waals surface area contributed by atoms with Gasteiger partial charge in [-0.3, -0.25) is 19.6 Å². The topological polar surface area (TPSA) is 90.1 Å². The van der Waals surface area contributed by atoms with Crippen molar-refractivity contribution in [2.24, 2.45) is 0 Å². The third kappa shape index (κ3) is 3.55. The number of aromatic nitrogens is 2. The van der Waals surface area contributed by atoms with Crippen LogP contribution in [-0.2, 0) is 6.54 Å². The van der Waals surface area contributed by atoms with Crippen LogP contribution in [0.1, 0.15) is 21.1 Å². The van der Waals surface area contributed by atoms with Gasteiger partial charge in [-0.25, -0.2) is 0 Å². The number of hydrogen-bond acceptors (Lipinski definition) is 5. The second kappa shape index (κ2) is 6.88. The van der Waals surface area contributed by atoms with Crippen molar-refractivity contribution in [3.63, 3.8) is 0 Å². The zero-order valence-electron chi connectivity index (χ0n) is 11.7. The van der Waals surface area contributed by atoms with Crippen LogP contribution < -0.4 is 5.32 Å². The van der Waals surface area contributed by atoms with Gasteiger partial charge < -0.3 is 5.32 Å². The van der Waals surface area contributed by atoms with E-state index >= 15 is 0 Å². The maximum Gasteiger partial charge on any atom is 0.312 e. The lowest BCUT2D eigenvalue weighted by molar-refractivity contribution is -0.386. The molecule has 0 aliphatic heterocycles. The van der Waals surface area contributed by atoms with E-state index < -0.39 is 4.92 Å². The maximum atomic E-state index is 12.0. The van der Waals surface area contributed by atoms with Crippen LogP contribution in [0.25, 0.3) is 0 Å². The Labute approximate surface area is 147 Å². The van der Waals surface area contributed by atoms with E-state index in [2.05, 4.69) is 42.3 Å². The van der Waals surface area contributed by atoms with Crippen molar-refractivity contribution in [2.45, 2.75) is 20.4 Å². The van der Waals surface area contributed by atoms with Gasteiger partial charge in [0.25, 0.3) is 5.91 Å². The van der Waals surface area contributed by atoms with Crippen LogP contribution in [0.4, 0.5) is 5.69 Å². The summed E-state index contributed by atoms with van der Waals surface area (Å²) in [5.74, 6) is -0.188. The number of halogens is 2. The van der Waals surface area contributed by atoms with Gasteiger partial charge in [0.15, 0.2) is 0 Å². The van der Waals surface area contributed by atoms with Crippen molar-refractivity contribution in [1.29, 1.82) is 0 Å². The van der Waals surface area contributed by atoms with Crippen molar-refractivity contribution in [3.05, 3.63) is 40.7 Å². The molecular weight excluding hydrogens is 440 g/mol. The minimum absolute atomic E-state index is 0.0254. The van der Waals surface area contributed by atoms with Crippen molar-refractivity contribution in [2.75, 3.05) is 6.54 Å². The van der Waals surface area contributed by atoms with Crippen LogP contribution in [0.2, 0.25) is 0 Å². The number of carbonyl (C=O) groups is 1. The fourth-order valence-corrected chi connectivity index (χ4v) is 3.94. The fraction of sp³-hybridized carbons (Fsp3) is 0.333. The molecule has 0 fully saturated rings. The average Bonchev–Trinajstić information content (AvgIpc) is 2.90. The summed E-state index contributed by atoms with van der Waals surface area (Å²) in [4.78, 5) is 23.1. The van der Waals surface area contributed by atoms with Crippen molar-refractivity contribution < 1.29 is 9.72 Å². The molecule has 0 aliphatic carbocycles. The molecule has 0 aromatic carbocycles. The summed E-state index contributed by atoms with van der Waals surface area (Å²) in [5.41, 5.74) is 0.885. The number of carbonyl (C=O) groups excluding carboxylic acids is 1. The van der Waals surface area contributed by atoms with Gasteiger partial charge in [-0.2, -0.15) is 5.10 Å². The molecule has 10 heteroatoms. The SMILES string of the molecule is Cc1nn(CCNC(=O)c2cc(Br)c(Br)s2)c(C)c1[N+](=O)[O-]. The van der Waals surface area contributed by atoms with Gasteiger partial charge >= 0.3 is 5.69 Å². The summed E-state index contributed by atoms with van der Waals surface area (Å²) in [6.07, 6.45) is 0. The lowest BCUT2D eigenvalue weighted by atomic mass is 10.3. The van der Waals surface area contributed by atoms with Crippen LogP contribution in [0, 0.1) is 24.0 Å². The molecule has 0 atom stereocenters. The highest BCUT2D eigenvalue weighted by Gasteiger charge is 2.21. The van der Waals surface area contributed by atoms with Crippen LogP contribution in [0.15, 0.2) is 14.3 Å². The maximum absolute atomic E-state index is 12.0. The number of thiophene rings is 1. The molecule has 1 N–H and O–H groups in total. The molecule has 118 valence electrons. The molecule has 0 saturated carbocycles. The summed E-state index contributed by atoms with van der Waals surface area (Å²) in [6.45, 7) is 3.96. The number of nitrogens with one attached hydrogen (secondary N) is 1. The third-order valence-corrected chi connectivity index (χ3v) is 6.26. The predicted molar refractivity (Wildman–Crippen MR) is 90.4 cm³/mol. The largest absolute Gasteiger partial charge is 0.349 e. The average molecular weight is 452 g/mol. The van der Waals surface area contributed by atoms with E-state index in [4.69, 9.17) is 0 Å². The quantitative estimate of drug-likeness (QED) is 0.556. The van der Waals surface area contributed by atoms with Crippen molar-refractivity contribution in [3.8, 4) is 0 Å². The number of rotatable bonds is 5. The lowest BCUT2D eigenvalue weighted by Crippen LogP contribution is -2.27. The molecule has 2 aromatic heterocycles. The Bertz CT molecular complexity index is 722. The molecular formula is C12H12Br2N4O3S. The Balaban J connectivity index is 1.98. The summed E-state index contributed by atoms with van der Waals surface area (Å²) in [7, 11) is 0. The smallest absolute Gasteiger partial charge is 0.312 e. The zero-order chi connectivity index (χ0) is 16.4. The van der Waals surface area contributed by atoms with Crippen molar-refractivity contribution >= 4 is 54.8 Å². The van der Waals surface area contributed by atoms with E-state index in [-0.39, 0.29) is 11.6 Å². The first-order valence-corrected chi connectivity index (χ1v) is 8.63. The minimum Gasteiger partial charge on any atom is -0.349 e. The zero-order valence-corrected chi connectivity index (χ0v) is 15.7. The Kier molecular flexibility index (Phi) is 5.35. The molecule has 2 rings (SSSR count). The second-order valence-electron chi connectivity index (χ2n) is 4.49. The van der Waals surface area contributed by atoms with Crippen LogP contribution in [0.5, 0.6) is 0 Å². The van der Waals surface area contributed by atoms with Gasteiger partial charge in [0.1, 0.15) is 11.4 Å². The van der Waals surface area contributed by atoms with Gasteiger partial charge in [0, 0.05) is 11.0 Å². The first kappa shape index (κ1) is 17.1. The minimum atomic E-state index is -0.437. The standard InChI is InChI=1S/C12H12Br2N4O3S/c1-6-10(18(20)21)7(2)17(16-6)4-3-15-12(19)9-5-8(13)11(14)22-9/h5H,3-4H2,1-2H3,(H,15,19). The lowest BCUT2D eigenvalue weighted by Gasteiger charge is -2.05. The summed E-state index contributed by atoms with van der Waals surface area (Å²) >= 11 is 7.99. The van der Waals surface area contributed by atoms with Gasteiger partial charge in [-0.15, -0.1) is 11.3 Å². The molecule has 0 radical (unpaired) electrons. The van der Waals surface area contributed by atoms with Gasteiger partial charge in [0.2, 0.25) is 0 Å². The van der Waals surface area contributed by atoms with Gasteiger partial charge in [-0.05, 0) is 51.8 Å². The highest BCUT2D eigenvalue weighted by molar-refractivity contribution is 9.13. The highest BCUT2D eigenvalue weighted by atomic mass is 79.9. The number of nitro groups is 1. The molecule has 0 spiro atoms. The van der Waals surface area contributed by atoms with E-state index in [1.165, 1.54) is 16.0 Å². The Morgan fingerprint density at radius 2 is 2.18 bits per heavy atom. The predicted octanol–water partition coefficient (Wildman–Crippen LogP) is 3.42. The van der Waals surface area contributed by atoms with Crippen LogP contribution in [0.3, 0.4) is 0 Å². The van der Waals surface area contributed by atoms with Gasteiger partial charge in [-0.1, -0.05) is 0 Å². The van der Waals surface area contributed by atoms with Crippen LogP contribution >= 0.6 is 43.2 Å². The van der Waals surface area contributed by atoms with Crippen LogP contribution in [-0.4, -0.2) is 27.2 Å². The molecule has 0 saturated heterocycles. The molecule has 2 aromatic rings. The molecule has 2 heterocycles. The van der Waals surface area contributed by atoms with Crippen molar-refractivity contribution in [1.82, 2.24) is 15.1 Å². The fourth-order valence-electron chi connectivity index (χ4n) is 1.99. The number of aryl methyl sites for hydroxylation is 1. The molecule has 0 aliphatic rings. The van der Waals surface area contributed by atoms with E-state index in [0.29, 0.717) is 29.4 Å². The Morgan fingerprint density at radius 3 is 2.68 bits per heavy atom. The Hall–Kier alpha value is -1.26.